The molecule has 4 nitrogen and oxygen atoms in total. The lowest BCUT2D eigenvalue weighted by Crippen LogP contribution is -2.36. The number of nitriles is 1. The molecule has 0 spiro atoms. The summed E-state index contributed by atoms with van der Waals surface area (Å²) in [5.41, 5.74) is -0.155. The van der Waals surface area contributed by atoms with E-state index in [0.717, 1.165) is 6.07 Å². The summed E-state index contributed by atoms with van der Waals surface area (Å²) >= 11 is 3.76. The predicted molar refractivity (Wildman–Crippen MR) is 74.7 cm³/mol. The zero-order valence-corrected chi connectivity index (χ0v) is 12.6. The highest BCUT2D eigenvalue weighted by Gasteiger charge is 2.37. The number of nitrogens with zero attached hydrogens (tertiary/aromatic N) is 1. The fraction of sp³-hybridized carbons (Fsp3) is 0.417. The first kappa shape index (κ1) is 16.9. The molecule has 0 saturated carbocycles. The van der Waals surface area contributed by atoms with E-state index in [-0.39, 0.29) is 5.56 Å². The van der Waals surface area contributed by atoms with Crippen LogP contribution in [0.2, 0.25) is 0 Å². The van der Waals surface area contributed by atoms with E-state index in [1.807, 2.05) is 0 Å². The van der Waals surface area contributed by atoms with Gasteiger partial charge in [-0.15, -0.1) is 0 Å². The minimum Gasteiger partial charge on any atom is -0.258 e. The van der Waals surface area contributed by atoms with Gasteiger partial charge in [-0.2, -0.15) is 5.26 Å². The zero-order valence-electron chi connectivity index (χ0n) is 10.9. The average molecular weight is 320 g/mol. The molecule has 0 heterocycles. The summed E-state index contributed by atoms with van der Waals surface area (Å²) in [5.74, 6) is -2.78. The molecule has 0 aliphatic heterocycles. The molecule has 0 aromatic heterocycles. The third kappa shape index (κ3) is 3.29. The molecule has 0 amide bonds. The average Bonchev–Trinajstić information content (AvgIpc) is 2.39. The van der Waals surface area contributed by atoms with Crippen molar-refractivity contribution < 1.29 is 17.2 Å². The van der Waals surface area contributed by atoms with Crippen LogP contribution in [-0.4, -0.2) is 18.9 Å². The highest BCUT2D eigenvalue weighted by Crippen LogP contribution is 2.25. The monoisotopic (exact) mass is 320 g/mol. The molecule has 1 aromatic rings. The minimum atomic E-state index is -3.86. The molecule has 20 heavy (non-hydrogen) atoms. The number of sulfone groups is 1. The molecule has 0 aliphatic carbocycles. The van der Waals surface area contributed by atoms with Crippen molar-refractivity contribution in [2.24, 2.45) is 0 Å². The van der Waals surface area contributed by atoms with Crippen molar-refractivity contribution in [3.05, 3.63) is 35.4 Å². The summed E-state index contributed by atoms with van der Waals surface area (Å²) in [4.78, 5) is 0. The molecule has 8 heteroatoms. The van der Waals surface area contributed by atoms with Crippen molar-refractivity contribution in [3.63, 3.8) is 0 Å². The van der Waals surface area contributed by atoms with Gasteiger partial charge in [0.1, 0.15) is 0 Å². The number of halogens is 2. The lowest BCUT2D eigenvalue weighted by Gasteiger charge is -2.22. The first-order valence-corrected chi connectivity index (χ1v) is 7.73. The number of nitrogens with one attached hydrogen (secondary N) is 1. The van der Waals surface area contributed by atoms with Gasteiger partial charge < -0.3 is 0 Å². The topological polar surface area (TPSA) is 70.0 Å². The van der Waals surface area contributed by atoms with Gasteiger partial charge in [0.2, 0.25) is 0 Å². The van der Waals surface area contributed by atoms with Crippen LogP contribution in [0.4, 0.5) is 8.78 Å². The highest BCUT2D eigenvalue weighted by atomic mass is 32.2. The summed E-state index contributed by atoms with van der Waals surface area (Å²) in [6.45, 7) is 2.50. The van der Waals surface area contributed by atoms with Gasteiger partial charge in [0, 0.05) is 5.56 Å². The summed E-state index contributed by atoms with van der Waals surface area (Å²) in [7, 11) is -3.86. The molecule has 0 radical (unpaired) electrons. The van der Waals surface area contributed by atoms with E-state index in [4.69, 9.17) is 5.26 Å². The summed E-state index contributed by atoms with van der Waals surface area (Å²) in [5, 5.41) is 8.88. The number of hydrogen-bond acceptors (Lipinski definition) is 5. The molecule has 0 fully saturated rings. The van der Waals surface area contributed by atoms with Crippen molar-refractivity contribution in [3.8, 4) is 6.07 Å². The van der Waals surface area contributed by atoms with E-state index >= 15 is 0 Å². The minimum absolute atomic E-state index is 0.155. The third-order valence-electron chi connectivity index (χ3n) is 2.95. The Bertz CT molecular complexity index is 639. The molecule has 0 saturated heterocycles. The second-order valence-electron chi connectivity index (χ2n) is 4.73. The van der Waals surface area contributed by atoms with Crippen LogP contribution in [0.25, 0.3) is 0 Å². The second kappa shape index (κ2) is 6.08. The SMILES string of the molecule is CC(C)(C#N)S(=O)(=O)CC(NS)c1cccc(F)c1F. The Labute approximate surface area is 122 Å². The fourth-order valence-electron chi connectivity index (χ4n) is 1.48. The lowest BCUT2D eigenvalue weighted by atomic mass is 10.1. The van der Waals surface area contributed by atoms with Gasteiger partial charge in [-0.05, 0) is 19.9 Å². The maximum atomic E-state index is 13.7. The van der Waals surface area contributed by atoms with Crippen LogP contribution in [-0.2, 0) is 9.84 Å². The lowest BCUT2D eigenvalue weighted by molar-refractivity contribution is 0.488. The van der Waals surface area contributed by atoms with Crippen LogP contribution in [0.15, 0.2) is 18.2 Å². The number of rotatable bonds is 5. The summed E-state index contributed by atoms with van der Waals surface area (Å²) in [6, 6.07) is 4.09. The first-order chi connectivity index (χ1) is 9.16. The van der Waals surface area contributed by atoms with Crippen LogP contribution in [0, 0.1) is 23.0 Å². The van der Waals surface area contributed by atoms with E-state index < -0.39 is 38.0 Å². The molecule has 0 aliphatic rings. The van der Waals surface area contributed by atoms with Crippen LogP contribution in [0.5, 0.6) is 0 Å². The number of hydrogen-bond donors (Lipinski definition) is 2. The maximum Gasteiger partial charge on any atom is 0.170 e. The fourth-order valence-corrected chi connectivity index (χ4v) is 3.09. The molecule has 1 aromatic carbocycles. The van der Waals surface area contributed by atoms with E-state index in [2.05, 4.69) is 17.5 Å². The van der Waals surface area contributed by atoms with E-state index in [0.29, 0.717) is 0 Å². The van der Waals surface area contributed by atoms with E-state index in [9.17, 15) is 17.2 Å². The Morgan fingerprint density at radius 3 is 2.55 bits per heavy atom. The largest absolute Gasteiger partial charge is 0.258 e. The van der Waals surface area contributed by atoms with Crippen molar-refractivity contribution in [2.75, 3.05) is 5.75 Å². The Morgan fingerprint density at radius 1 is 1.45 bits per heavy atom. The van der Waals surface area contributed by atoms with E-state index in [1.54, 1.807) is 6.07 Å². The molecule has 110 valence electrons. The Morgan fingerprint density at radius 2 is 2.05 bits per heavy atom. The van der Waals surface area contributed by atoms with Gasteiger partial charge in [0.15, 0.2) is 26.2 Å². The Balaban J connectivity index is 3.18. The normalized spacial score (nSPS) is 13.8. The van der Waals surface area contributed by atoms with Gasteiger partial charge in [-0.25, -0.2) is 17.2 Å². The molecule has 1 N–H and O–H groups in total. The standard InChI is InChI=1S/C12H14F2N2O2S2/c1-12(2,7-15)20(17,18)6-10(16-19)8-4-3-5-9(13)11(8)14/h3-5,10,16,19H,6H2,1-2H3. The second-order valence-corrected chi connectivity index (χ2v) is 7.57. The zero-order chi connectivity index (χ0) is 15.6. The quantitative estimate of drug-likeness (QED) is 0.816. The van der Waals surface area contributed by atoms with Gasteiger partial charge in [0.25, 0.3) is 0 Å². The van der Waals surface area contributed by atoms with Gasteiger partial charge in [-0.1, -0.05) is 24.9 Å². The molecule has 1 atom stereocenters. The predicted octanol–water partition coefficient (Wildman–Crippen LogP) is 2.16. The molecular formula is C12H14F2N2O2S2. The molecular weight excluding hydrogens is 306 g/mol. The van der Waals surface area contributed by atoms with Crippen LogP contribution < -0.4 is 4.72 Å². The van der Waals surface area contributed by atoms with Gasteiger partial charge >= 0.3 is 0 Å². The van der Waals surface area contributed by atoms with Crippen molar-refractivity contribution in [1.82, 2.24) is 4.72 Å². The highest BCUT2D eigenvalue weighted by molar-refractivity contribution is 7.93. The van der Waals surface area contributed by atoms with Gasteiger partial charge in [-0.3, -0.25) is 4.72 Å². The first-order valence-electron chi connectivity index (χ1n) is 5.63. The number of thiol groups is 1. The Kier molecular flexibility index (Phi) is 5.13. The Hall–Kier alpha value is -1.17. The molecule has 1 unspecified atom stereocenters. The van der Waals surface area contributed by atoms with E-state index in [1.165, 1.54) is 26.0 Å². The summed E-state index contributed by atoms with van der Waals surface area (Å²) in [6.07, 6.45) is 0. The third-order valence-corrected chi connectivity index (χ3v) is 5.68. The van der Waals surface area contributed by atoms with Crippen LogP contribution in [0.1, 0.15) is 25.5 Å². The number of benzene rings is 1. The van der Waals surface area contributed by atoms with Crippen molar-refractivity contribution in [1.29, 1.82) is 5.26 Å². The van der Waals surface area contributed by atoms with Crippen LogP contribution >= 0.6 is 12.8 Å². The van der Waals surface area contributed by atoms with Crippen molar-refractivity contribution in [2.45, 2.75) is 24.6 Å². The maximum absolute atomic E-state index is 13.7. The van der Waals surface area contributed by atoms with Crippen molar-refractivity contribution >= 4 is 22.7 Å². The smallest absolute Gasteiger partial charge is 0.170 e. The van der Waals surface area contributed by atoms with Gasteiger partial charge in [0.05, 0.1) is 17.9 Å². The molecule has 0 bridgehead atoms. The molecule has 1 rings (SSSR count). The van der Waals surface area contributed by atoms with Crippen LogP contribution in [0.3, 0.4) is 0 Å². The summed E-state index contributed by atoms with van der Waals surface area (Å²) < 4.78 is 51.8.